The number of aryl methyl sites for hydroxylation is 1. The summed E-state index contributed by atoms with van der Waals surface area (Å²) in [6, 6.07) is 14.5. The first-order valence-electron chi connectivity index (χ1n) is 8.24. The highest BCUT2D eigenvalue weighted by molar-refractivity contribution is 5.98. The number of aliphatic imine (C=N–C) groups is 1. The molecule has 0 saturated heterocycles. The first kappa shape index (κ1) is 14.7. The van der Waals surface area contributed by atoms with Gasteiger partial charge in [0.2, 0.25) is 0 Å². The van der Waals surface area contributed by atoms with E-state index in [0.29, 0.717) is 0 Å². The fraction of sp³-hybridized carbons (Fsp3) is 0.200. The van der Waals surface area contributed by atoms with Crippen molar-refractivity contribution < 1.29 is 0 Å². The zero-order valence-corrected chi connectivity index (χ0v) is 13.9. The molecule has 0 saturated carbocycles. The summed E-state index contributed by atoms with van der Waals surface area (Å²) >= 11 is 0. The van der Waals surface area contributed by atoms with Crippen LogP contribution in [0.2, 0.25) is 0 Å². The fourth-order valence-corrected chi connectivity index (χ4v) is 2.93. The second kappa shape index (κ2) is 5.96. The molecular formula is C20H20N4. The molecule has 0 radical (unpaired) electrons. The molecule has 0 fully saturated rings. The van der Waals surface area contributed by atoms with E-state index in [0.717, 1.165) is 46.8 Å². The molecule has 2 N–H and O–H groups in total. The van der Waals surface area contributed by atoms with Crippen LogP contribution in [0.1, 0.15) is 18.9 Å². The molecule has 4 nitrogen and oxygen atoms in total. The molecule has 1 aromatic heterocycles. The smallest absolute Gasteiger partial charge is 0.138 e. The van der Waals surface area contributed by atoms with Gasteiger partial charge >= 0.3 is 0 Å². The molecule has 0 spiro atoms. The van der Waals surface area contributed by atoms with Gasteiger partial charge in [-0.25, -0.2) is 4.98 Å². The number of allylic oxidation sites excluding steroid dienone is 2. The number of imidazole rings is 1. The fourth-order valence-electron chi connectivity index (χ4n) is 2.93. The summed E-state index contributed by atoms with van der Waals surface area (Å²) in [5, 5.41) is 3.32. The Morgan fingerprint density at radius 3 is 2.67 bits per heavy atom. The van der Waals surface area contributed by atoms with Crippen molar-refractivity contribution in [2.24, 2.45) is 4.99 Å². The third kappa shape index (κ3) is 2.95. The quantitative estimate of drug-likeness (QED) is 0.731. The lowest BCUT2D eigenvalue weighted by Crippen LogP contribution is -2.21. The van der Waals surface area contributed by atoms with E-state index in [1.165, 1.54) is 11.3 Å². The van der Waals surface area contributed by atoms with Crippen molar-refractivity contribution >= 4 is 22.4 Å². The average molecular weight is 316 g/mol. The van der Waals surface area contributed by atoms with E-state index in [1.54, 1.807) is 0 Å². The summed E-state index contributed by atoms with van der Waals surface area (Å²) in [4.78, 5) is 12.9. The minimum atomic E-state index is 0.896. The topological polar surface area (TPSA) is 53.1 Å². The van der Waals surface area contributed by atoms with Crippen molar-refractivity contribution in [2.45, 2.75) is 20.3 Å². The number of hydrogen-bond donors (Lipinski definition) is 2. The lowest BCUT2D eigenvalue weighted by atomic mass is 10.1. The summed E-state index contributed by atoms with van der Waals surface area (Å²) in [6.45, 7) is 5.11. The Labute approximate surface area is 141 Å². The molecule has 0 aliphatic carbocycles. The highest BCUT2D eigenvalue weighted by Crippen LogP contribution is 2.25. The summed E-state index contributed by atoms with van der Waals surface area (Å²) in [6.07, 6.45) is 3.06. The lowest BCUT2D eigenvalue weighted by Gasteiger charge is -2.13. The first-order chi connectivity index (χ1) is 11.7. The molecule has 0 unspecified atom stereocenters. The molecule has 1 aliphatic rings. The van der Waals surface area contributed by atoms with E-state index in [4.69, 9.17) is 4.99 Å². The number of hydrogen-bond acceptors (Lipinski definition) is 3. The minimum Gasteiger partial charge on any atom is -0.388 e. The van der Waals surface area contributed by atoms with Crippen molar-refractivity contribution in [1.29, 1.82) is 0 Å². The second-order valence-electron chi connectivity index (χ2n) is 6.26. The number of fused-ring (bicyclic) bond motifs is 1. The van der Waals surface area contributed by atoms with Crippen molar-refractivity contribution in [3.63, 3.8) is 0 Å². The van der Waals surface area contributed by atoms with Gasteiger partial charge in [-0.05, 0) is 38.1 Å². The monoisotopic (exact) mass is 316 g/mol. The molecule has 4 heteroatoms. The maximum atomic E-state index is 4.76. The number of aromatic amines is 1. The summed E-state index contributed by atoms with van der Waals surface area (Å²) in [5.41, 5.74) is 7.57. The van der Waals surface area contributed by atoms with Crippen LogP contribution in [0.25, 0.3) is 22.4 Å². The molecule has 0 amide bonds. The minimum absolute atomic E-state index is 0.896. The Morgan fingerprint density at radius 2 is 1.88 bits per heavy atom. The van der Waals surface area contributed by atoms with E-state index in [-0.39, 0.29) is 0 Å². The van der Waals surface area contributed by atoms with Crippen molar-refractivity contribution in [3.05, 3.63) is 59.8 Å². The predicted molar refractivity (Wildman–Crippen MR) is 99.7 cm³/mol. The number of aromatic nitrogens is 2. The summed E-state index contributed by atoms with van der Waals surface area (Å²) in [5.74, 6) is 0.896. The predicted octanol–water partition coefficient (Wildman–Crippen LogP) is 4.51. The van der Waals surface area contributed by atoms with E-state index in [9.17, 15) is 0 Å². The van der Waals surface area contributed by atoms with Gasteiger partial charge in [0, 0.05) is 29.9 Å². The second-order valence-corrected chi connectivity index (χ2v) is 6.26. The van der Waals surface area contributed by atoms with Gasteiger partial charge in [-0.2, -0.15) is 0 Å². The van der Waals surface area contributed by atoms with Gasteiger partial charge in [-0.3, -0.25) is 4.99 Å². The maximum absolute atomic E-state index is 4.76. The third-order valence-electron chi connectivity index (χ3n) is 4.23. The zero-order valence-electron chi connectivity index (χ0n) is 13.9. The van der Waals surface area contributed by atoms with Crippen LogP contribution in [-0.2, 0) is 0 Å². The van der Waals surface area contributed by atoms with Gasteiger partial charge in [0.1, 0.15) is 5.82 Å². The van der Waals surface area contributed by atoms with Crippen molar-refractivity contribution in [1.82, 2.24) is 15.3 Å². The van der Waals surface area contributed by atoms with Crippen LogP contribution in [0.15, 0.2) is 59.2 Å². The molecule has 1 aliphatic heterocycles. The van der Waals surface area contributed by atoms with Gasteiger partial charge < -0.3 is 10.3 Å². The highest BCUT2D eigenvalue weighted by atomic mass is 14.9. The number of nitrogens with zero attached hydrogens (tertiary/aromatic N) is 2. The molecule has 4 rings (SSSR count). The Hall–Kier alpha value is -2.88. The number of H-pyrrole nitrogens is 1. The standard InChI is InChI=1S/C20H20N4/c1-13-3-5-15(6-4-13)20-23-18-8-7-16(12-19(18)24-20)22-17-9-10-21-14(2)11-17/h3-8,11-12,21H,9-10H2,1-2H3,(H,23,24). The Bertz CT molecular complexity index is 945. The van der Waals surface area contributed by atoms with Crippen LogP contribution in [-0.4, -0.2) is 22.2 Å². The molecule has 3 aromatic rings. The van der Waals surface area contributed by atoms with Crippen LogP contribution in [0.5, 0.6) is 0 Å². The van der Waals surface area contributed by atoms with Gasteiger partial charge in [0.05, 0.1) is 16.7 Å². The Kier molecular flexibility index (Phi) is 3.65. The normalized spacial score (nSPS) is 16.2. The average Bonchev–Trinajstić information content (AvgIpc) is 2.99. The van der Waals surface area contributed by atoms with Gasteiger partial charge in [0.15, 0.2) is 0 Å². The number of rotatable bonds is 2. The lowest BCUT2D eigenvalue weighted by molar-refractivity contribution is 0.802. The number of nitrogens with one attached hydrogen (secondary N) is 2. The Balaban J connectivity index is 1.70. The molecule has 0 atom stereocenters. The van der Waals surface area contributed by atoms with E-state index in [1.807, 2.05) is 12.1 Å². The van der Waals surface area contributed by atoms with E-state index in [2.05, 4.69) is 65.5 Å². The molecule has 2 aromatic carbocycles. The highest BCUT2D eigenvalue weighted by Gasteiger charge is 2.07. The number of benzene rings is 2. The molecule has 2 heterocycles. The van der Waals surface area contributed by atoms with Crippen LogP contribution in [0, 0.1) is 6.92 Å². The zero-order chi connectivity index (χ0) is 16.5. The van der Waals surface area contributed by atoms with Gasteiger partial charge in [0.25, 0.3) is 0 Å². The van der Waals surface area contributed by atoms with E-state index < -0.39 is 0 Å². The summed E-state index contributed by atoms with van der Waals surface area (Å²) in [7, 11) is 0. The largest absolute Gasteiger partial charge is 0.388 e. The van der Waals surface area contributed by atoms with Gasteiger partial charge in [-0.1, -0.05) is 29.8 Å². The maximum Gasteiger partial charge on any atom is 0.138 e. The third-order valence-corrected chi connectivity index (χ3v) is 4.23. The van der Waals surface area contributed by atoms with Crippen LogP contribution in [0.3, 0.4) is 0 Å². The molecule has 24 heavy (non-hydrogen) atoms. The van der Waals surface area contributed by atoms with Gasteiger partial charge in [-0.15, -0.1) is 0 Å². The van der Waals surface area contributed by atoms with Crippen molar-refractivity contribution in [3.8, 4) is 11.4 Å². The van der Waals surface area contributed by atoms with Crippen LogP contribution >= 0.6 is 0 Å². The SMILES string of the molecule is CC1=CC(=Nc2ccc3nc(-c4ccc(C)cc4)[nH]c3c2)CCN1. The van der Waals surface area contributed by atoms with E-state index >= 15 is 0 Å². The van der Waals surface area contributed by atoms with Crippen LogP contribution in [0.4, 0.5) is 5.69 Å². The van der Waals surface area contributed by atoms with Crippen LogP contribution < -0.4 is 5.32 Å². The van der Waals surface area contributed by atoms with Crippen molar-refractivity contribution in [2.75, 3.05) is 6.54 Å². The first-order valence-corrected chi connectivity index (χ1v) is 8.24. The Morgan fingerprint density at radius 1 is 1.04 bits per heavy atom. The molecular weight excluding hydrogens is 296 g/mol. The molecule has 120 valence electrons. The summed E-state index contributed by atoms with van der Waals surface area (Å²) < 4.78 is 0. The molecule has 0 bridgehead atoms.